The molecule has 2 aliphatic rings. The first-order chi connectivity index (χ1) is 11.2. The normalized spacial score (nSPS) is 23.3. The number of aryl methyl sites for hydroxylation is 1. The predicted octanol–water partition coefficient (Wildman–Crippen LogP) is 2.43. The van der Waals surface area contributed by atoms with E-state index < -0.39 is 0 Å². The lowest BCUT2D eigenvalue weighted by atomic mass is 9.77. The number of hydrogen-bond acceptors (Lipinski definition) is 5. The molecule has 2 saturated heterocycles. The monoisotopic (exact) mass is 327 g/mol. The first kappa shape index (κ1) is 17.3. The van der Waals surface area contributed by atoms with Crippen LogP contribution in [0.4, 0.5) is 5.82 Å². The van der Waals surface area contributed by atoms with E-state index in [1.165, 1.54) is 0 Å². The van der Waals surface area contributed by atoms with Crippen molar-refractivity contribution in [1.82, 2.24) is 4.98 Å². The summed E-state index contributed by atoms with van der Waals surface area (Å²) in [7, 11) is -0.374. The Morgan fingerprint density at radius 1 is 1.21 bits per heavy atom. The van der Waals surface area contributed by atoms with Crippen molar-refractivity contribution in [2.75, 3.05) is 18.0 Å². The van der Waals surface area contributed by atoms with Gasteiger partial charge in [-0.1, -0.05) is 0 Å². The highest BCUT2D eigenvalue weighted by Gasteiger charge is 2.52. The van der Waals surface area contributed by atoms with Crippen molar-refractivity contribution < 1.29 is 9.31 Å². The van der Waals surface area contributed by atoms with Crippen molar-refractivity contribution in [1.29, 1.82) is 5.26 Å². The average molecular weight is 327 g/mol. The van der Waals surface area contributed by atoms with Crippen LogP contribution >= 0.6 is 0 Å². The smallest absolute Gasteiger partial charge is 0.399 e. The molecule has 0 N–H and O–H groups in total. The van der Waals surface area contributed by atoms with Crippen LogP contribution < -0.4 is 10.4 Å². The van der Waals surface area contributed by atoms with E-state index in [1.54, 1.807) is 0 Å². The largest absolute Gasteiger partial charge is 0.496 e. The zero-order valence-corrected chi connectivity index (χ0v) is 15.3. The van der Waals surface area contributed by atoms with Crippen molar-refractivity contribution in [3.8, 4) is 6.07 Å². The molecule has 5 nitrogen and oxygen atoms in total. The van der Waals surface area contributed by atoms with Crippen LogP contribution in [-0.4, -0.2) is 36.4 Å². The number of hydrogen-bond donors (Lipinski definition) is 0. The van der Waals surface area contributed by atoms with Gasteiger partial charge < -0.3 is 14.2 Å². The van der Waals surface area contributed by atoms with Gasteiger partial charge in [0, 0.05) is 30.7 Å². The fraction of sp³-hybridized carbons (Fsp3) is 0.667. The molecule has 3 rings (SSSR count). The highest BCUT2D eigenvalue weighted by Crippen LogP contribution is 2.36. The molecule has 0 aliphatic carbocycles. The number of nitrogens with zero attached hydrogens (tertiary/aromatic N) is 3. The number of rotatable bonds is 2. The quantitative estimate of drug-likeness (QED) is 0.781. The SMILES string of the molecule is Cc1cc(N2CCC(C#N)CC2)ncc1B1OC(C)(C)C(C)(C)O1. The van der Waals surface area contributed by atoms with Gasteiger partial charge in [0.2, 0.25) is 0 Å². The lowest BCUT2D eigenvalue weighted by Gasteiger charge is -2.32. The average Bonchev–Trinajstić information content (AvgIpc) is 2.75. The lowest BCUT2D eigenvalue weighted by Crippen LogP contribution is -2.41. The minimum Gasteiger partial charge on any atom is -0.399 e. The Labute approximate surface area is 145 Å². The third-order valence-electron chi connectivity index (χ3n) is 5.65. The molecule has 128 valence electrons. The Morgan fingerprint density at radius 3 is 2.29 bits per heavy atom. The van der Waals surface area contributed by atoms with Gasteiger partial charge in [0.15, 0.2) is 0 Å². The number of pyridine rings is 1. The second-order valence-electron chi connectivity index (χ2n) is 7.88. The summed E-state index contributed by atoms with van der Waals surface area (Å²) < 4.78 is 12.3. The van der Waals surface area contributed by atoms with Crippen LogP contribution in [0.3, 0.4) is 0 Å². The Hall–Kier alpha value is -1.58. The maximum absolute atomic E-state index is 9.02. The van der Waals surface area contributed by atoms with Crippen LogP contribution in [0, 0.1) is 24.2 Å². The van der Waals surface area contributed by atoms with Gasteiger partial charge in [-0.05, 0) is 59.1 Å². The Bertz CT molecular complexity index is 645. The molecular formula is C18H26BN3O2. The van der Waals surface area contributed by atoms with E-state index in [0.717, 1.165) is 42.8 Å². The van der Waals surface area contributed by atoms with Gasteiger partial charge in [0.25, 0.3) is 0 Å². The Morgan fingerprint density at radius 2 is 1.79 bits per heavy atom. The maximum Gasteiger partial charge on any atom is 0.496 e. The van der Waals surface area contributed by atoms with Crippen LogP contribution in [0.1, 0.15) is 46.1 Å². The second kappa shape index (κ2) is 6.05. The van der Waals surface area contributed by atoms with E-state index in [2.05, 4.69) is 56.6 Å². The summed E-state index contributed by atoms with van der Waals surface area (Å²) >= 11 is 0. The molecule has 3 heterocycles. The molecule has 0 saturated carbocycles. The minimum atomic E-state index is -0.374. The van der Waals surface area contributed by atoms with Gasteiger partial charge in [-0.3, -0.25) is 0 Å². The third kappa shape index (κ3) is 3.03. The molecular weight excluding hydrogens is 301 g/mol. The summed E-state index contributed by atoms with van der Waals surface area (Å²) in [6.45, 7) is 12.1. The number of nitriles is 1. The van der Waals surface area contributed by atoms with Gasteiger partial charge in [-0.2, -0.15) is 5.26 Å². The van der Waals surface area contributed by atoms with Crippen molar-refractivity contribution >= 4 is 18.4 Å². The van der Waals surface area contributed by atoms with E-state index in [4.69, 9.17) is 14.6 Å². The Kier molecular flexibility index (Phi) is 4.35. The second-order valence-corrected chi connectivity index (χ2v) is 7.88. The summed E-state index contributed by atoms with van der Waals surface area (Å²) in [5.74, 6) is 1.16. The summed E-state index contributed by atoms with van der Waals surface area (Å²) in [6, 6.07) is 4.47. The van der Waals surface area contributed by atoms with Crippen molar-refractivity contribution in [3.05, 3.63) is 17.8 Å². The molecule has 1 aromatic rings. The fourth-order valence-electron chi connectivity index (χ4n) is 3.18. The van der Waals surface area contributed by atoms with E-state index >= 15 is 0 Å². The van der Waals surface area contributed by atoms with Gasteiger partial charge in [-0.25, -0.2) is 4.98 Å². The van der Waals surface area contributed by atoms with Crippen LogP contribution in [0.2, 0.25) is 0 Å². The summed E-state index contributed by atoms with van der Waals surface area (Å²) in [5.41, 5.74) is 1.43. The zero-order valence-electron chi connectivity index (χ0n) is 15.3. The molecule has 0 spiro atoms. The van der Waals surface area contributed by atoms with Gasteiger partial charge >= 0.3 is 7.12 Å². The summed E-state index contributed by atoms with van der Waals surface area (Å²) in [6.07, 6.45) is 3.70. The number of aromatic nitrogens is 1. The van der Waals surface area contributed by atoms with Crippen molar-refractivity contribution in [2.24, 2.45) is 5.92 Å². The van der Waals surface area contributed by atoms with E-state index in [9.17, 15) is 0 Å². The highest BCUT2D eigenvalue weighted by atomic mass is 16.7. The predicted molar refractivity (Wildman–Crippen MR) is 95.2 cm³/mol. The highest BCUT2D eigenvalue weighted by molar-refractivity contribution is 6.62. The lowest BCUT2D eigenvalue weighted by molar-refractivity contribution is 0.00578. The molecule has 24 heavy (non-hydrogen) atoms. The molecule has 6 heteroatoms. The number of anilines is 1. The molecule has 0 aromatic carbocycles. The standard InChI is InChI=1S/C18H26BN3O2/c1-13-10-16(22-8-6-14(11-20)7-9-22)21-12-15(13)19-23-17(2,3)18(4,5)24-19/h10,12,14H,6-9H2,1-5H3. The third-order valence-corrected chi connectivity index (χ3v) is 5.65. The Balaban J connectivity index is 1.76. The molecule has 2 fully saturated rings. The maximum atomic E-state index is 9.02. The van der Waals surface area contributed by atoms with E-state index in [1.807, 2.05) is 6.20 Å². The molecule has 1 aromatic heterocycles. The molecule has 0 bridgehead atoms. The minimum absolute atomic E-state index is 0.186. The van der Waals surface area contributed by atoms with Gasteiger partial charge in [-0.15, -0.1) is 0 Å². The molecule has 0 radical (unpaired) electrons. The van der Waals surface area contributed by atoms with Gasteiger partial charge in [0.1, 0.15) is 5.82 Å². The van der Waals surface area contributed by atoms with Crippen molar-refractivity contribution in [3.63, 3.8) is 0 Å². The molecule has 0 unspecified atom stereocenters. The molecule has 2 aliphatic heterocycles. The zero-order chi connectivity index (χ0) is 17.5. The number of piperidine rings is 1. The molecule has 0 atom stereocenters. The van der Waals surface area contributed by atoms with Crippen LogP contribution in [0.25, 0.3) is 0 Å². The topological polar surface area (TPSA) is 58.4 Å². The summed E-state index contributed by atoms with van der Waals surface area (Å²) in [4.78, 5) is 6.90. The molecule has 0 amide bonds. The van der Waals surface area contributed by atoms with Crippen LogP contribution in [0.5, 0.6) is 0 Å². The fourth-order valence-corrected chi connectivity index (χ4v) is 3.18. The summed E-state index contributed by atoms with van der Waals surface area (Å²) in [5, 5.41) is 9.02. The van der Waals surface area contributed by atoms with E-state index in [0.29, 0.717) is 0 Å². The van der Waals surface area contributed by atoms with E-state index in [-0.39, 0.29) is 24.2 Å². The van der Waals surface area contributed by atoms with Crippen LogP contribution in [0.15, 0.2) is 12.3 Å². The van der Waals surface area contributed by atoms with Crippen LogP contribution in [-0.2, 0) is 9.31 Å². The van der Waals surface area contributed by atoms with Gasteiger partial charge in [0.05, 0.1) is 17.3 Å². The first-order valence-corrected chi connectivity index (χ1v) is 8.70. The first-order valence-electron chi connectivity index (χ1n) is 8.70. The van der Waals surface area contributed by atoms with Crippen molar-refractivity contribution in [2.45, 2.75) is 58.7 Å².